The molecule has 0 saturated carbocycles. The second kappa shape index (κ2) is 3.76. The molecule has 0 radical (unpaired) electrons. The Bertz CT molecular complexity index is 664. The summed E-state index contributed by atoms with van der Waals surface area (Å²) in [5, 5.41) is 0. The van der Waals surface area contributed by atoms with Gasteiger partial charge in [-0.1, -0.05) is 62.4 Å². The predicted octanol–water partition coefficient (Wildman–Crippen LogP) is 5.06. The summed E-state index contributed by atoms with van der Waals surface area (Å²) < 4.78 is 6.10. The third-order valence-corrected chi connectivity index (χ3v) is 4.51. The van der Waals surface area contributed by atoms with Crippen molar-refractivity contribution in [3.05, 3.63) is 71.8 Å². The lowest BCUT2D eigenvalue weighted by Crippen LogP contribution is -2.29. The van der Waals surface area contributed by atoms with Gasteiger partial charge in [-0.15, -0.1) is 0 Å². The van der Waals surface area contributed by atoms with Crippen LogP contribution < -0.4 is 4.74 Å². The fourth-order valence-electron chi connectivity index (χ4n) is 3.69. The number of hydrogen-bond donors (Lipinski definition) is 0. The van der Waals surface area contributed by atoms with Crippen LogP contribution in [0.1, 0.15) is 31.4 Å². The molecule has 2 aliphatic rings. The fraction of sp³-hybridized carbons (Fsp3) is 0.263. The van der Waals surface area contributed by atoms with E-state index in [1.165, 1.54) is 11.1 Å². The van der Waals surface area contributed by atoms with Crippen molar-refractivity contribution in [2.45, 2.75) is 25.7 Å². The van der Waals surface area contributed by atoms with Crippen LogP contribution in [0.2, 0.25) is 0 Å². The molecule has 4 rings (SSSR count). The molecule has 0 bridgehead atoms. The number of benzene rings is 2. The van der Waals surface area contributed by atoms with Gasteiger partial charge in [-0.3, -0.25) is 0 Å². The quantitative estimate of drug-likeness (QED) is 0.603. The maximum atomic E-state index is 6.10. The van der Waals surface area contributed by atoms with Crippen molar-refractivity contribution < 1.29 is 4.74 Å². The van der Waals surface area contributed by atoms with Gasteiger partial charge in [0.2, 0.25) is 0 Å². The summed E-state index contributed by atoms with van der Waals surface area (Å²) in [6.07, 6.45) is 5.83. The van der Waals surface area contributed by atoms with E-state index in [4.69, 9.17) is 4.74 Å². The third-order valence-electron chi connectivity index (χ3n) is 4.51. The normalized spacial score (nSPS) is 20.3. The van der Waals surface area contributed by atoms with E-state index in [0.29, 0.717) is 0 Å². The van der Waals surface area contributed by atoms with Gasteiger partial charge in [0, 0.05) is 16.5 Å². The Morgan fingerprint density at radius 1 is 0.800 bits per heavy atom. The molecule has 0 amide bonds. The molecule has 1 heteroatoms. The summed E-state index contributed by atoms with van der Waals surface area (Å²) in [7, 11) is 0. The van der Waals surface area contributed by atoms with E-state index in [0.717, 1.165) is 17.9 Å². The van der Waals surface area contributed by atoms with Gasteiger partial charge in [0.15, 0.2) is 0 Å². The maximum Gasteiger partial charge on any atom is 0.131 e. The van der Waals surface area contributed by atoms with Crippen molar-refractivity contribution in [2.24, 2.45) is 5.41 Å². The van der Waals surface area contributed by atoms with E-state index in [9.17, 15) is 0 Å². The molecular formula is C19H18O. The smallest absolute Gasteiger partial charge is 0.131 e. The largest absolute Gasteiger partial charge is 0.457 e. The first-order chi connectivity index (χ1) is 9.61. The van der Waals surface area contributed by atoms with Crippen molar-refractivity contribution in [3.8, 4) is 11.5 Å². The molecular weight excluding hydrogens is 244 g/mol. The summed E-state index contributed by atoms with van der Waals surface area (Å²) in [5.41, 5.74) is 2.77. The highest BCUT2D eigenvalue weighted by molar-refractivity contribution is 5.61. The van der Waals surface area contributed by atoms with Gasteiger partial charge in [-0.05, 0) is 24.0 Å². The summed E-state index contributed by atoms with van der Waals surface area (Å²) in [6, 6.07) is 16.9. The molecule has 1 heterocycles. The van der Waals surface area contributed by atoms with Crippen molar-refractivity contribution in [2.75, 3.05) is 0 Å². The van der Waals surface area contributed by atoms with E-state index < -0.39 is 0 Å². The molecule has 0 fully saturated rings. The fourth-order valence-corrected chi connectivity index (χ4v) is 3.69. The minimum absolute atomic E-state index is 0.0328. The average molecular weight is 262 g/mol. The second-order valence-corrected chi connectivity index (χ2v) is 6.56. The standard InChI is InChI=1S/C19H18O/c1-18(2)11-12-19(13-18)14-7-3-5-9-16(14)20-17-10-6-4-8-15(17)19/h3-12H,13H2,1-2H3. The molecule has 0 saturated heterocycles. The van der Waals surface area contributed by atoms with Crippen LogP contribution in [0.15, 0.2) is 60.7 Å². The summed E-state index contributed by atoms with van der Waals surface area (Å²) in [6.45, 7) is 4.61. The average Bonchev–Trinajstić information content (AvgIpc) is 2.76. The number of rotatable bonds is 0. The number of para-hydroxylation sites is 2. The van der Waals surface area contributed by atoms with Crippen molar-refractivity contribution >= 4 is 0 Å². The Morgan fingerprint density at radius 3 is 1.85 bits per heavy atom. The van der Waals surface area contributed by atoms with Gasteiger partial charge < -0.3 is 4.74 Å². The molecule has 0 N–H and O–H groups in total. The molecule has 0 atom stereocenters. The summed E-state index contributed by atoms with van der Waals surface area (Å²) in [5.74, 6) is 1.99. The highest BCUT2D eigenvalue weighted by atomic mass is 16.5. The van der Waals surface area contributed by atoms with Crippen LogP contribution in [-0.4, -0.2) is 0 Å². The first kappa shape index (κ1) is 11.8. The lowest BCUT2D eigenvalue weighted by atomic mass is 9.69. The van der Waals surface area contributed by atoms with Crippen LogP contribution in [0.4, 0.5) is 0 Å². The molecule has 2 aromatic carbocycles. The third kappa shape index (κ3) is 1.49. The predicted molar refractivity (Wildman–Crippen MR) is 81.3 cm³/mol. The van der Waals surface area contributed by atoms with Crippen LogP contribution >= 0.6 is 0 Å². The van der Waals surface area contributed by atoms with Gasteiger partial charge in [-0.2, -0.15) is 0 Å². The zero-order valence-electron chi connectivity index (χ0n) is 11.9. The summed E-state index contributed by atoms with van der Waals surface area (Å²) >= 11 is 0. The molecule has 1 aliphatic heterocycles. The van der Waals surface area contributed by atoms with Crippen molar-refractivity contribution in [1.82, 2.24) is 0 Å². The number of allylic oxidation sites excluding steroid dienone is 2. The first-order valence-electron chi connectivity index (χ1n) is 7.18. The maximum absolute atomic E-state index is 6.10. The van der Waals surface area contributed by atoms with Crippen molar-refractivity contribution in [3.63, 3.8) is 0 Å². The van der Waals surface area contributed by atoms with E-state index in [1.807, 2.05) is 12.1 Å². The Hall–Kier alpha value is -2.02. The number of fused-ring (bicyclic) bond motifs is 4. The van der Waals surface area contributed by atoms with Crippen LogP contribution in [0, 0.1) is 5.41 Å². The van der Waals surface area contributed by atoms with Gasteiger partial charge >= 0.3 is 0 Å². The highest BCUT2D eigenvalue weighted by Gasteiger charge is 2.46. The monoisotopic (exact) mass is 262 g/mol. The van der Waals surface area contributed by atoms with Crippen molar-refractivity contribution in [1.29, 1.82) is 0 Å². The number of ether oxygens (including phenoxy) is 1. The molecule has 100 valence electrons. The molecule has 0 unspecified atom stereocenters. The Morgan fingerprint density at radius 2 is 1.35 bits per heavy atom. The van der Waals surface area contributed by atoms with Gasteiger partial charge in [0.25, 0.3) is 0 Å². The van der Waals surface area contributed by atoms with Crippen LogP contribution in [0.3, 0.4) is 0 Å². The van der Waals surface area contributed by atoms with E-state index in [-0.39, 0.29) is 10.8 Å². The lowest BCUT2D eigenvalue weighted by molar-refractivity contribution is 0.362. The van der Waals surface area contributed by atoms with Crippen LogP contribution in [0.5, 0.6) is 11.5 Å². The molecule has 1 spiro atoms. The Labute approximate surface area is 119 Å². The molecule has 0 aromatic heterocycles. The zero-order valence-corrected chi connectivity index (χ0v) is 11.9. The Kier molecular flexibility index (Phi) is 2.21. The van der Waals surface area contributed by atoms with E-state index in [1.54, 1.807) is 0 Å². The second-order valence-electron chi connectivity index (χ2n) is 6.56. The Balaban J connectivity index is 2.01. The number of hydrogen-bond acceptors (Lipinski definition) is 1. The molecule has 1 nitrogen and oxygen atoms in total. The topological polar surface area (TPSA) is 9.23 Å². The minimum atomic E-state index is -0.0328. The highest BCUT2D eigenvalue weighted by Crippen LogP contribution is 2.56. The van der Waals surface area contributed by atoms with Gasteiger partial charge in [-0.25, -0.2) is 0 Å². The minimum Gasteiger partial charge on any atom is -0.457 e. The van der Waals surface area contributed by atoms with E-state index in [2.05, 4.69) is 62.4 Å². The van der Waals surface area contributed by atoms with E-state index >= 15 is 0 Å². The first-order valence-corrected chi connectivity index (χ1v) is 7.18. The van der Waals surface area contributed by atoms with Crippen LogP contribution in [0.25, 0.3) is 0 Å². The molecule has 20 heavy (non-hydrogen) atoms. The van der Waals surface area contributed by atoms with Crippen LogP contribution in [-0.2, 0) is 5.41 Å². The lowest BCUT2D eigenvalue weighted by Gasteiger charge is -2.38. The SMILES string of the molecule is CC1(C)C=CC2(C1)c1ccccc1Oc1ccccc12. The zero-order chi connectivity index (χ0) is 13.8. The molecule has 2 aromatic rings. The molecule has 1 aliphatic carbocycles. The van der Waals surface area contributed by atoms with Gasteiger partial charge in [0.05, 0.1) is 0 Å². The van der Waals surface area contributed by atoms with Gasteiger partial charge in [0.1, 0.15) is 11.5 Å². The summed E-state index contributed by atoms with van der Waals surface area (Å²) in [4.78, 5) is 0.